The van der Waals surface area contributed by atoms with Gasteiger partial charge in [-0.2, -0.15) is 10.2 Å². The van der Waals surface area contributed by atoms with E-state index in [2.05, 4.69) is 229 Å². The molecule has 0 radical (unpaired) electrons. The van der Waals surface area contributed by atoms with Crippen molar-refractivity contribution in [1.29, 1.82) is 0 Å². The Labute approximate surface area is 478 Å². The standard InChI is InChI=1S/C72H72N2O3S2/c1-2-3-4-5-6-7-8-16-31-57-44-46-65(47-45-57)73-74-66-48-50-67(51-49-66)76-52-29-15-30-53-77-70(75)58-54-68(78-71(59-32-17-9-18-33-59,60-34-19-10-20-35-60)61-36-21-11-22-37-61)56-69(55-58)79-72(62-38-23-12-24-39-62,63-40-25-13-26-41-63)64-42-27-14-28-43-64/h9-14,17-28,32-51,54-56H,2-8,15-16,29-31,52-53H2,1H3. The van der Waals surface area contributed by atoms with Crippen molar-refractivity contribution < 1.29 is 14.3 Å². The van der Waals surface area contributed by atoms with Crippen LogP contribution in [0.4, 0.5) is 11.4 Å². The van der Waals surface area contributed by atoms with Crippen LogP contribution in [0.5, 0.6) is 5.75 Å². The van der Waals surface area contributed by atoms with Gasteiger partial charge in [0.25, 0.3) is 0 Å². The van der Waals surface area contributed by atoms with Gasteiger partial charge in [0.1, 0.15) is 5.75 Å². The molecule has 0 heterocycles. The normalized spacial score (nSPS) is 11.7. The summed E-state index contributed by atoms with van der Waals surface area (Å²) >= 11 is 3.50. The minimum Gasteiger partial charge on any atom is -0.494 e. The molecule has 0 aliphatic heterocycles. The average molecular weight is 1080 g/mol. The Kier molecular flexibility index (Phi) is 21.0. The van der Waals surface area contributed by atoms with E-state index in [-0.39, 0.29) is 5.97 Å². The Bertz CT molecular complexity index is 2890. The molecule has 0 saturated heterocycles. The number of ether oxygens (including phenoxy) is 2. The minimum absolute atomic E-state index is 0.296. The first-order valence-corrected chi connectivity index (χ1v) is 29.9. The number of carbonyl (C=O) groups is 1. The molecule has 79 heavy (non-hydrogen) atoms. The van der Waals surface area contributed by atoms with Gasteiger partial charge in [0.15, 0.2) is 0 Å². The Balaban J connectivity index is 0.883. The van der Waals surface area contributed by atoms with Gasteiger partial charge in [0.2, 0.25) is 0 Å². The molecule has 0 N–H and O–H groups in total. The van der Waals surface area contributed by atoms with Crippen molar-refractivity contribution in [1.82, 2.24) is 0 Å². The number of rotatable bonds is 29. The van der Waals surface area contributed by atoms with E-state index in [1.54, 1.807) is 23.5 Å². The molecule has 9 aromatic carbocycles. The fourth-order valence-electron chi connectivity index (χ4n) is 10.3. The zero-order valence-electron chi connectivity index (χ0n) is 45.5. The number of hydrogen-bond donors (Lipinski definition) is 0. The Hall–Kier alpha value is -7.45. The van der Waals surface area contributed by atoms with Gasteiger partial charge in [-0.3, -0.25) is 0 Å². The quantitative estimate of drug-likeness (QED) is 0.0154. The SMILES string of the molecule is CCCCCCCCCCc1ccc(N=Nc2ccc(OCCCCCOC(=O)c3cc(SC(c4ccccc4)(c4ccccc4)c4ccccc4)cc(SC(c4ccccc4)(c4ccccc4)c4ccccc4)c3)cc2)cc1. The second-order valence-corrected chi connectivity index (χ2v) is 22.7. The third-order valence-electron chi connectivity index (χ3n) is 14.4. The number of thioether (sulfide) groups is 2. The van der Waals surface area contributed by atoms with Crippen LogP contribution in [0.15, 0.2) is 269 Å². The molecule has 0 fully saturated rings. The van der Waals surface area contributed by atoms with E-state index in [0.717, 1.165) is 79.6 Å². The third kappa shape index (κ3) is 15.2. The van der Waals surface area contributed by atoms with Crippen LogP contribution in [0, 0.1) is 0 Å². The molecule has 9 aromatic rings. The van der Waals surface area contributed by atoms with Crippen LogP contribution in [0.25, 0.3) is 0 Å². The molecule has 5 nitrogen and oxygen atoms in total. The second kappa shape index (κ2) is 29.5. The van der Waals surface area contributed by atoms with Crippen LogP contribution in [0.1, 0.15) is 127 Å². The summed E-state index contributed by atoms with van der Waals surface area (Å²) in [5, 5.41) is 8.95. The lowest BCUT2D eigenvalue weighted by atomic mass is 9.84. The molecule has 0 aliphatic rings. The van der Waals surface area contributed by atoms with Crippen molar-refractivity contribution >= 4 is 40.9 Å². The topological polar surface area (TPSA) is 60.3 Å². The van der Waals surface area contributed by atoms with Gasteiger partial charge in [-0.1, -0.05) is 246 Å². The molecule has 0 amide bonds. The van der Waals surface area contributed by atoms with Crippen LogP contribution >= 0.6 is 23.5 Å². The molecular weight excluding hydrogens is 1000 g/mol. The lowest BCUT2D eigenvalue weighted by molar-refractivity contribution is 0.0496. The molecule has 7 heteroatoms. The second-order valence-electron chi connectivity index (χ2n) is 20.1. The van der Waals surface area contributed by atoms with Crippen molar-refractivity contribution in [3.63, 3.8) is 0 Å². The van der Waals surface area contributed by atoms with Gasteiger partial charge in [0, 0.05) is 9.79 Å². The average Bonchev–Trinajstić information content (AvgIpc) is 3.65. The van der Waals surface area contributed by atoms with Crippen LogP contribution in [-0.4, -0.2) is 19.2 Å². The first kappa shape index (κ1) is 56.3. The van der Waals surface area contributed by atoms with E-state index in [1.165, 1.54) is 56.9 Å². The highest BCUT2D eigenvalue weighted by Gasteiger charge is 2.40. The Morgan fingerprint density at radius 1 is 0.392 bits per heavy atom. The van der Waals surface area contributed by atoms with E-state index in [4.69, 9.17) is 9.47 Å². The number of esters is 1. The lowest BCUT2D eigenvalue weighted by Crippen LogP contribution is -2.26. The van der Waals surface area contributed by atoms with Crippen molar-refractivity contribution in [2.45, 2.75) is 103 Å². The van der Waals surface area contributed by atoms with Gasteiger partial charge < -0.3 is 9.47 Å². The molecule has 0 aliphatic carbocycles. The fourth-order valence-corrected chi connectivity index (χ4v) is 13.3. The number of aryl methyl sites for hydroxylation is 1. The fraction of sp³-hybridized carbons (Fsp3) is 0.236. The van der Waals surface area contributed by atoms with Crippen molar-refractivity contribution in [3.05, 3.63) is 293 Å². The number of carbonyl (C=O) groups excluding carboxylic acids is 1. The minimum atomic E-state index is -0.668. The molecule has 0 saturated carbocycles. The highest BCUT2D eigenvalue weighted by Crippen LogP contribution is 2.55. The largest absolute Gasteiger partial charge is 0.494 e. The van der Waals surface area contributed by atoms with Crippen molar-refractivity contribution in [3.8, 4) is 5.75 Å². The first-order valence-electron chi connectivity index (χ1n) is 28.3. The number of benzene rings is 9. The summed E-state index contributed by atoms with van der Waals surface area (Å²) in [5.74, 6) is 0.437. The highest BCUT2D eigenvalue weighted by atomic mass is 32.2. The van der Waals surface area contributed by atoms with Gasteiger partial charge in [0.05, 0.1) is 39.6 Å². The summed E-state index contributed by atoms with van der Waals surface area (Å²) in [7, 11) is 0. The number of azo groups is 1. The Morgan fingerprint density at radius 2 is 0.747 bits per heavy atom. The van der Waals surface area contributed by atoms with E-state index in [1.807, 2.05) is 36.4 Å². The molecule has 0 atom stereocenters. The monoisotopic (exact) mass is 1080 g/mol. The lowest BCUT2D eigenvalue weighted by Gasteiger charge is -2.37. The van der Waals surface area contributed by atoms with Gasteiger partial charge >= 0.3 is 5.97 Å². The maximum atomic E-state index is 14.5. The molecular formula is C72H72N2O3S2. The first-order chi connectivity index (χ1) is 39.0. The third-order valence-corrected chi connectivity index (χ3v) is 17.4. The van der Waals surface area contributed by atoms with Crippen molar-refractivity contribution in [2.24, 2.45) is 10.2 Å². The molecule has 0 aromatic heterocycles. The van der Waals surface area contributed by atoms with Crippen LogP contribution in [0.3, 0.4) is 0 Å². The van der Waals surface area contributed by atoms with Crippen LogP contribution in [0.2, 0.25) is 0 Å². The summed E-state index contributed by atoms with van der Waals surface area (Å²) in [4.78, 5) is 16.4. The number of hydrogen-bond acceptors (Lipinski definition) is 7. The van der Waals surface area contributed by atoms with Gasteiger partial charge in [-0.15, -0.1) is 23.5 Å². The molecule has 0 bridgehead atoms. The number of unbranched alkanes of at least 4 members (excludes halogenated alkanes) is 9. The molecule has 0 spiro atoms. The molecule has 400 valence electrons. The smallest absolute Gasteiger partial charge is 0.338 e. The summed E-state index contributed by atoms with van der Waals surface area (Å²) in [5.41, 5.74) is 10.3. The predicted molar refractivity (Wildman–Crippen MR) is 330 cm³/mol. The van der Waals surface area contributed by atoms with Crippen molar-refractivity contribution in [2.75, 3.05) is 13.2 Å². The van der Waals surface area contributed by atoms with Gasteiger partial charge in [-0.05, 0) is 126 Å². The zero-order chi connectivity index (χ0) is 54.2. The summed E-state index contributed by atoms with van der Waals surface area (Å²) < 4.78 is 10.9. The van der Waals surface area contributed by atoms with Crippen LogP contribution in [-0.2, 0) is 20.7 Å². The summed E-state index contributed by atoms with van der Waals surface area (Å²) in [6.45, 7) is 3.12. The van der Waals surface area contributed by atoms with E-state index >= 15 is 0 Å². The van der Waals surface area contributed by atoms with Crippen LogP contribution < -0.4 is 4.74 Å². The maximum Gasteiger partial charge on any atom is 0.338 e. The van der Waals surface area contributed by atoms with E-state index < -0.39 is 9.49 Å². The highest BCUT2D eigenvalue weighted by molar-refractivity contribution is 8.01. The zero-order valence-corrected chi connectivity index (χ0v) is 47.1. The van der Waals surface area contributed by atoms with E-state index in [0.29, 0.717) is 25.2 Å². The molecule has 9 rings (SSSR count). The predicted octanol–water partition coefficient (Wildman–Crippen LogP) is 20.4. The maximum absolute atomic E-state index is 14.5. The summed E-state index contributed by atoms with van der Waals surface area (Å²) in [6, 6.07) is 86.7. The molecule has 0 unspecified atom stereocenters. The summed E-state index contributed by atoms with van der Waals surface area (Å²) in [6.07, 6.45) is 14.1. The number of nitrogens with zero attached hydrogens (tertiary/aromatic N) is 2. The van der Waals surface area contributed by atoms with E-state index in [9.17, 15) is 4.79 Å². The van der Waals surface area contributed by atoms with Gasteiger partial charge in [-0.25, -0.2) is 4.79 Å². The Morgan fingerprint density at radius 3 is 1.15 bits per heavy atom.